The molecule has 0 aliphatic carbocycles. The van der Waals surface area contributed by atoms with Gasteiger partial charge in [-0.1, -0.05) is 0 Å². The van der Waals surface area contributed by atoms with Crippen LogP contribution in [0.2, 0.25) is 0 Å². The summed E-state index contributed by atoms with van der Waals surface area (Å²) < 4.78 is 9.35. The zero-order chi connectivity index (χ0) is 14.4. The van der Waals surface area contributed by atoms with Crippen molar-refractivity contribution in [1.82, 2.24) is 4.57 Å². The van der Waals surface area contributed by atoms with Crippen molar-refractivity contribution < 1.29 is 24.6 Å². The Morgan fingerprint density at radius 1 is 1.55 bits per heavy atom. The number of rotatable bonds is 2. The molecule has 6 heteroatoms. The molecule has 2 aromatic heterocycles. The summed E-state index contributed by atoms with van der Waals surface area (Å²) in [5, 5.41) is 30.2. The molecular weight excluding hydrogens is 260 g/mol. The van der Waals surface area contributed by atoms with Crippen LogP contribution in [0.5, 0.6) is 0 Å². The van der Waals surface area contributed by atoms with E-state index in [-0.39, 0.29) is 0 Å². The monoisotopic (exact) mass is 279 g/mol. The van der Waals surface area contributed by atoms with Gasteiger partial charge in [0.05, 0.1) is 23.6 Å². The summed E-state index contributed by atoms with van der Waals surface area (Å²) >= 11 is 0. The Balaban J connectivity index is 2.20. The third kappa shape index (κ3) is 1.92. The average molecular weight is 279 g/mol. The number of aryl methyl sites for hydroxylation is 2. The molecule has 1 aliphatic rings. The SMILES string of the molecule is Cn1cc2c3c([n+](C)ccc31)C(O)O[C@H]([C@@H](O)CO)C2. The molecule has 20 heavy (non-hydrogen) atoms. The normalized spacial score (nSPS) is 23.9. The quantitative estimate of drug-likeness (QED) is 0.635. The van der Waals surface area contributed by atoms with Gasteiger partial charge in [0.25, 0.3) is 0 Å². The first-order valence-corrected chi connectivity index (χ1v) is 6.61. The van der Waals surface area contributed by atoms with Crippen LogP contribution < -0.4 is 4.57 Å². The van der Waals surface area contributed by atoms with Crippen molar-refractivity contribution >= 4 is 10.9 Å². The molecule has 0 amide bonds. The molecule has 1 unspecified atom stereocenters. The van der Waals surface area contributed by atoms with Gasteiger partial charge in [0, 0.05) is 25.7 Å². The molecule has 0 radical (unpaired) electrons. The highest BCUT2D eigenvalue weighted by molar-refractivity contribution is 5.85. The molecule has 3 N–H and O–H groups in total. The molecule has 3 rings (SSSR count). The number of hydrogen-bond donors (Lipinski definition) is 3. The van der Waals surface area contributed by atoms with E-state index in [1.54, 1.807) is 0 Å². The standard InChI is InChI=1S/C14H19N2O4/c1-15-4-3-9-12-8(6-16(9)2)5-11(10(18)7-17)20-14(19)13(12)15/h3-4,6,10-11,14,17-19H,5,7H2,1-2H3/q+1/t10-,11-,14?/m0/s1. The fourth-order valence-corrected chi connectivity index (χ4v) is 2.94. The lowest BCUT2D eigenvalue weighted by atomic mass is 10.0. The molecular formula is C14H19N2O4+. The number of ether oxygens (including phenoxy) is 1. The van der Waals surface area contributed by atoms with Gasteiger partial charge in [-0.2, -0.15) is 0 Å². The van der Waals surface area contributed by atoms with Crippen LogP contribution >= 0.6 is 0 Å². The minimum absolute atomic E-state index is 0.393. The molecule has 2 aromatic rings. The third-order valence-electron chi connectivity index (χ3n) is 3.97. The fraction of sp³-hybridized carbons (Fsp3) is 0.500. The smallest absolute Gasteiger partial charge is 0.247 e. The van der Waals surface area contributed by atoms with E-state index in [0.29, 0.717) is 12.1 Å². The zero-order valence-electron chi connectivity index (χ0n) is 11.5. The largest absolute Gasteiger partial charge is 0.394 e. The third-order valence-corrected chi connectivity index (χ3v) is 3.97. The summed E-state index contributed by atoms with van der Waals surface area (Å²) in [5.41, 5.74) is 2.68. The summed E-state index contributed by atoms with van der Waals surface area (Å²) in [5.74, 6) is 0. The highest BCUT2D eigenvalue weighted by atomic mass is 16.6. The second kappa shape index (κ2) is 4.82. The van der Waals surface area contributed by atoms with Crippen LogP contribution in [0.1, 0.15) is 17.5 Å². The average Bonchev–Trinajstić information content (AvgIpc) is 2.64. The zero-order valence-corrected chi connectivity index (χ0v) is 11.5. The molecule has 0 saturated heterocycles. The molecule has 1 aliphatic heterocycles. The Kier molecular flexibility index (Phi) is 3.25. The fourth-order valence-electron chi connectivity index (χ4n) is 2.94. The van der Waals surface area contributed by atoms with E-state index in [1.165, 1.54) is 0 Å². The number of aliphatic hydroxyl groups excluding tert-OH is 3. The first-order valence-electron chi connectivity index (χ1n) is 6.61. The first-order chi connectivity index (χ1) is 9.52. The molecule has 3 atom stereocenters. The molecule has 6 nitrogen and oxygen atoms in total. The summed E-state index contributed by atoms with van der Waals surface area (Å²) in [6.07, 6.45) is 1.53. The first kappa shape index (κ1) is 13.5. The molecule has 3 heterocycles. The second-order valence-electron chi connectivity index (χ2n) is 5.32. The highest BCUT2D eigenvalue weighted by Crippen LogP contribution is 2.32. The molecule has 0 saturated carbocycles. The van der Waals surface area contributed by atoms with Gasteiger partial charge in [0.1, 0.15) is 13.2 Å². The van der Waals surface area contributed by atoms with Crippen molar-refractivity contribution in [1.29, 1.82) is 0 Å². The van der Waals surface area contributed by atoms with Crippen LogP contribution in [0.25, 0.3) is 10.9 Å². The summed E-state index contributed by atoms with van der Waals surface area (Å²) in [4.78, 5) is 0. The molecule has 0 aromatic carbocycles. The maximum atomic E-state index is 10.3. The van der Waals surface area contributed by atoms with Crippen molar-refractivity contribution in [3.63, 3.8) is 0 Å². The predicted octanol–water partition coefficient (Wildman–Crippen LogP) is -0.712. The molecule has 108 valence electrons. The Labute approximate surface area is 116 Å². The van der Waals surface area contributed by atoms with Crippen molar-refractivity contribution in [2.45, 2.75) is 24.9 Å². The molecule has 0 bridgehead atoms. The number of hydrogen-bond acceptors (Lipinski definition) is 4. The maximum absolute atomic E-state index is 10.3. The van der Waals surface area contributed by atoms with Gasteiger partial charge in [-0.25, -0.2) is 4.57 Å². The lowest BCUT2D eigenvalue weighted by Gasteiger charge is -2.21. The van der Waals surface area contributed by atoms with Crippen molar-refractivity contribution in [3.8, 4) is 0 Å². The van der Waals surface area contributed by atoms with Crippen LogP contribution in [-0.2, 0) is 25.3 Å². The minimum Gasteiger partial charge on any atom is -0.394 e. The van der Waals surface area contributed by atoms with Gasteiger partial charge in [-0.3, -0.25) is 0 Å². The van der Waals surface area contributed by atoms with Crippen LogP contribution in [0.15, 0.2) is 18.5 Å². The second-order valence-corrected chi connectivity index (χ2v) is 5.32. The van der Waals surface area contributed by atoms with Crippen molar-refractivity contribution in [2.75, 3.05) is 6.61 Å². The van der Waals surface area contributed by atoms with E-state index in [2.05, 4.69) is 0 Å². The van der Waals surface area contributed by atoms with Crippen molar-refractivity contribution in [3.05, 3.63) is 29.7 Å². The van der Waals surface area contributed by atoms with E-state index in [1.807, 2.05) is 41.7 Å². The van der Waals surface area contributed by atoms with Gasteiger partial charge in [0.2, 0.25) is 12.0 Å². The van der Waals surface area contributed by atoms with Gasteiger partial charge in [0.15, 0.2) is 6.20 Å². The minimum atomic E-state index is -1.13. The number of pyridine rings is 1. The Morgan fingerprint density at radius 2 is 2.30 bits per heavy atom. The van der Waals surface area contributed by atoms with Gasteiger partial charge < -0.3 is 24.6 Å². The molecule has 0 spiro atoms. The van der Waals surface area contributed by atoms with E-state index < -0.39 is 25.1 Å². The number of aromatic nitrogens is 2. The number of nitrogens with zero attached hydrogens (tertiary/aromatic N) is 2. The van der Waals surface area contributed by atoms with Gasteiger partial charge >= 0.3 is 0 Å². The summed E-state index contributed by atoms with van der Waals surface area (Å²) in [6.45, 7) is -0.393. The van der Waals surface area contributed by atoms with Crippen LogP contribution in [0.3, 0.4) is 0 Å². The Bertz CT molecular complexity index is 652. The maximum Gasteiger partial charge on any atom is 0.247 e. The van der Waals surface area contributed by atoms with Gasteiger partial charge in [-0.15, -0.1) is 0 Å². The van der Waals surface area contributed by atoms with Crippen molar-refractivity contribution in [2.24, 2.45) is 14.1 Å². The van der Waals surface area contributed by atoms with Crippen LogP contribution in [0.4, 0.5) is 0 Å². The Morgan fingerprint density at radius 3 is 3.00 bits per heavy atom. The lowest BCUT2D eigenvalue weighted by molar-refractivity contribution is -0.685. The summed E-state index contributed by atoms with van der Waals surface area (Å²) in [6, 6.07) is 1.98. The topological polar surface area (TPSA) is 78.7 Å². The summed E-state index contributed by atoms with van der Waals surface area (Å²) in [7, 11) is 3.79. The highest BCUT2D eigenvalue weighted by Gasteiger charge is 2.35. The van der Waals surface area contributed by atoms with E-state index >= 15 is 0 Å². The van der Waals surface area contributed by atoms with E-state index in [0.717, 1.165) is 16.5 Å². The van der Waals surface area contributed by atoms with E-state index in [4.69, 9.17) is 9.84 Å². The van der Waals surface area contributed by atoms with Gasteiger partial charge in [-0.05, 0) is 5.56 Å². The lowest BCUT2D eigenvalue weighted by Crippen LogP contribution is -2.38. The Hall–Kier alpha value is -1.47. The van der Waals surface area contributed by atoms with Crippen LogP contribution in [0, 0.1) is 0 Å². The van der Waals surface area contributed by atoms with E-state index in [9.17, 15) is 10.2 Å². The molecule has 0 fully saturated rings. The predicted molar refractivity (Wildman–Crippen MR) is 70.7 cm³/mol. The van der Waals surface area contributed by atoms with Crippen LogP contribution in [-0.4, -0.2) is 38.7 Å². The number of aliphatic hydroxyl groups is 3.